The molecule has 12 heteroatoms. The van der Waals surface area contributed by atoms with Crippen LogP contribution in [-0.2, 0) is 17.9 Å². The fraction of sp³-hybridized carbons (Fsp3) is 0.387. The minimum absolute atomic E-state index is 0.0395. The lowest BCUT2D eigenvalue weighted by atomic mass is 10.1. The highest BCUT2D eigenvalue weighted by atomic mass is 32.1. The summed E-state index contributed by atoms with van der Waals surface area (Å²) in [4.78, 5) is 34.0. The fourth-order valence-corrected chi connectivity index (χ4v) is 6.21. The van der Waals surface area contributed by atoms with Crippen LogP contribution in [0.5, 0.6) is 0 Å². The van der Waals surface area contributed by atoms with Gasteiger partial charge in [-0.15, -0.1) is 11.3 Å². The molecular weight excluding hydrogens is 564 g/mol. The monoisotopic (exact) mass is 598 g/mol. The molecule has 4 heterocycles. The van der Waals surface area contributed by atoms with Gasteiger partial charge in [0.05, 0.1) is 28.6 Å². The largest absolute Gasteiger partial charge is 0.395 e. The third kappa shape index (κ3) is 6.39. The van der Waals surface area contributed by atoms with E-state index < -0.39 is 0 Å². The number of hydrogen-bond donors (Lipinski definition) is 3. The van der Waals surface area contributed by atoms with Crippen LogP contribution in [0.1, 0.15) is 47.8 Å². The second-order valence-corrected chi connectivity index (χ2v) is 12.3. The third-order valence-corrected chi connectivity index (χ3v) is 8.99. The number of carbonyl (C=O) groups excluding carboxylic acids is 2. The number of imidazole rings is 1. The molecule has 1 saturated heterocycles. The van der Waals surface area contributed by atoms with Gasteiger partial charge in [-0.3, -0.25) is 14.9 Å². The van der Waals surface area contributed by atoms with Crippen LogP contribution in [0.25, 0.3) is 16.0 Å². The van der Waals surface area contributed by atoms with E-state index in [1.54, 1.807) is 21.8 Å². The predicted molar refractivity (Wildman–Crippen MR) is 164 cm³/mol. The van der Waals surface area contributed by atoms with Gasteiger partial charge in [-0.2, -0.15) is 10.4 Å². The first-order valence-corrected chi connectivity index (χ1v) is 15.4. The molecule has 1 aliphatic heterocycles. The molecule has 0 radical (unpaired) electrons. The first-order valence-electron chi connectivity index (χ1n) is 14.6. The Morgan fingerprint density at radius 1 is 1.26 bits per heavy atom. The van der Waals surface area contributed by atoms with Gasteiger partial charge in [-0.05, 0) is 74.4 Å². The Hall–Kier alpha value is -4.31. The lowest BCUT2D eigenvalue weighted by Crippen LogP contribution is -2.39. The minimum atomic E-state index is -0.280. The smallest absolute Gasteiger partial charge is 0.268 e. The summed E-state index contributed by atoms with van der Waals surface area (Å²) in [6.45, 7) is 3.54. The number of nitrogens with zero attached hydrogens (tertiary/aromatic N) is 6. The zero-order valence-electron chi connectivity index (χ0n) is 23.9. The molecule has 1 aliphatic carbocycles. The normalized spacial score (nSPS) is 17.7. The van der Waals surface area contributed by atoms with E-state index in [9.17, 15) is 20.0 Å². The summed E-state index contributed by atoms with van der Waals surface area (Å²) in [6.07, 6.45) is 9.02. The Labute approximate surface area is 253 Å². The van der Waals surface area contributed by atoms with Crippen molar-refractivity contribution in [1.82, 2.24) is 29.5 Å². The maximum absolute atomic E-state index is 13.4. The van der Waals surface area contributed by atoms with E-state index in [4.69, 9.17) is 4.98 Å². The number of allylic oxidation sites excluding steroid dienone is 1. The third-order valence-electron chi connectivity index (χ3n) is 7.92. The molecule has 1 aromatic carbocycles. The van der Waals surface area contributed by atoms with Gasteiger partial charge in [0.2, 0.25) is 5.95 Å². The number of likely N-dealkylation sites (tertiary alicyclic amines) is 1. The van der Waals surface area contributed by atoms with Gasteiger partial charge in [0.1, 0.15) is 16.6 Å². The molecule has 6 rings (SSSR count). The molecule has 2 aliphatic rings. The van der Waals surface area contributed by atoms with Crippen LogP contribution in [0.15, 0.2) is 60.4 Å². The molecule has 2 amide bonds. The molecular formula is C31H34N8O3S. The first-order chi connectivity index (χ1) is 20.9. The summed E-state index contributed by atoms with van der Waals surface area (Å²) in [6, 6.07) is 13.3. The number of aliphatic hydroxyl groups excluding tert-OH is 1. The van der Waals surface area contributed by atoms with Crippen LogP contribution in [0, 0.1) is 17.2 Å². The van der Waals surface area contributed by atoms with Crippen molar-refractivity contribution in [2.24, 2.45) is 5.92 Å². The summed E-state index contributed by atoms with van der Waals surface area (Å²) in [5.41, 5.74) is 2.78. The van der Waals surface area contributed by atoms with Crippen LogP contribution in [0.3, 0.4) is 0 Å². The summed E-state index contributed by atoms with van der Waals surface area (Å²) in [5.74, 6) is 0.227. The first kappa shape index (κ1) is 28.8. The average molecular weight is 599 g/mol. The van der Waals surface area contributed by atoms with Gasteiger partial charge in [0.15, 0.2) is 0 Å². The molecule has 222 valence electrons. The van der Waals surface area contributed by atoms with Crippen LogP contribution in [0.4, 0.5) is 5.95 Å². The summed E-state index contributed by atoms with van der Waals surface area (Å²) >= 11 is 1.33. The van der Waals surface area contributed by atoms with Crippen molar-refractivity contribution < 1.29 is 14.7 Å². The van der Waals surface area contributed by atoms with Gasteiger partial charge in [-0.25, -0.2) is 9.67 Å². The second-order valence-electron chi connectivity index (χ2n) is 11.2. The highest BCUT2D eigenvalue weighted by molar-refractivity contribution is 7.16. The van der Waals surface area contributed by atoms with Crippen LogP contribution in [-0.4, -0.2) is 66.4 Å². The molecule has 3 N–H and O–H groups in total. The van der Waals surface area contributed by atoms with Gasteiger partial charge in [-0.1, -0.05) is 12.1 Å². The van der Waals surface area contributed by atoms with Crippen molar-refractivity contribution in [1.29, 1.82) is 5.26 Å². The summed E-state index contributed by atoms with van der Waals surface area (Å²) in [5, 5.41) is 30.4. The van der Waals surface area contributed by atoms with Crippen LogP contribution < -0.4 is 10.6 Å². The highest BCUT2D eigenvalue weighted by Crippen LogP contribution is 2.33. The number of nitriles is 1. The molecule has 11 nitrogen and oxygen atoms in total. The lowest BCUT2D eigenvalue weighted by molar-refractivity contribution is -0.127. The van der Waals surface area contributed by atoms with E-state index >= 15 is 0 Å². The van der Waals surface area contributed by atoms with Gasteiger partial charge < -0.3 is 19.9 Å². The number of aromatic nitrogens is 4. The highest BCUT2D eigenvalue weighted by Gasteiger charge is 2.33. The molecule has 43 heavy (non-hydrogen) atoms. The number of aliphatic hydroxyl groups is 1. The number of rotatable bonds is 11. The van der Waals surface area contributed by atoms with Gasteiger partial charge in [0, 0.05) is 38.1 Å². The molecule has 2 atom stereocenters. The zero-order chi connectivity index (χ0) is 29.9. The minimum Gasteiger partial charge on any atom is -0.395 e. The molecule has 2 fully saturated rings. The number of benzene rings is 1. The van der Waals surface area contributed by atoms with E-state index in [0.717, 1.165) is 47.3 Å². The predicted octanol–water partition coefficient (Wildman–Crippen LogP) is 3.86. The fourth-order valence-electron chi connectivity index (χ4n) is 5.37. The van der Waals surface area contributed by atoms with E-state index in [0.29, 0.717) is 36.4 Å². The van der Waals surface area contributed by atoms with Crippen LogP contribution >= 0.6 is 11.3 Å². The van der Waals surface area contributed by atoms with Gasteiger partial charge in [0.25, 0.3) is 11.8 Å². The number of fused-ring (bicyclic) bond motifs is 1. The molecule has 0 spiro atoms. The molecule has 1 saturated carbocycles. The summed E-state index contributed by atoms with van der Waals surface area (Å²) in [7, 11) is 0. The van der Waals surface area contributed by atoms with Crippen molar-refractivity contribution in [3.63, 3.8) is 0 Å². The molecule has 4 aromatic rings. The number of amides is 2. The number of hydrogen-bond acceptors (Lipinski definition) is 8. The van der Waals surface area contributed by atoms with Crippen molar-refractivity contribution >= 4 is 40.1 Å². The van der Waals surface area contributed by atoms with Crippen LogP contribution in [0.2, 0.25) is 0 Å². The van der Waals surface area contributed by atoms with E-state index in [2.05, 4.69) is 21.8 Å². The second kappa shape index (κ2) is 12.5. The maximum Gasteiger partial charge on any atom is 0.268 e. The van der Waals surface area contributed by atoms with Crippen molar-refractivity contribution in [2.75, 3.05) is 18.5 Å². The van der Waals surface area contributed by atoms with Gasteiger partial charge >= 0.3 is 0 Å². The Balaban J connectivity index is 1.29. The molecule has 3 aromatic heterocycles. The molecule has 0 bridgehead atoms. The van der Waals surface area contributed by atoms with Crippen molar-refractivity contribution in [3.05, 3.63) is 70.9 Å². The molecule has 0 unspecified atom stereocenters. The Bertz CT molecular complexity index is 1700. The Morgan fingerprint density at radius 2 is 2.12 bits per heavy atom. The number of anilines is 1. The lowest BCUT2D eigenvalue weighted by Gasteiger charge is -2.26. The number of carbonyl (C=O) groups is 2. The SMILES string of the molecule is C[C@@H](CO)NCc1ccc2c(c1)nc(NC(=O)c1ccc(-n3cccn3)s1)n2C[C@H]1CCCN1C(=O)/C(C#N)=C\C1CC1. The zero-order valence-corrected chi connectivity index (χ0v) is 24.8. The maximum atomic E-state index is 13.4. The standard InChI is InChI=1S/C31H34N8O3S/c1-20(19-40)33-17-22-7-8-26-25(15-22)35-31(36-29(41)27-9-10-28(43-27)39-13-3-11-34-39)38(26)18-24-4-2-12-37(24)30(42)23(16-32)14-21-5-6-21/h3,7-11,13-15,20-21,24,33,40H,2,4-6,12,17-19H2,1H3,(H,35,36,41)/b23-14-/t20-,24+/m0/s1. The Kier molecular flexibility index (Phi) is 8.38. The van der Waals surface area contributed by atoms with E-state index in [-0.39, 0.29) is 36.1 Å². The topological polar surface area (TPSA) is 141 Å². The van der Waals surface area contributed by atoms with Crippen molar-refractivity contribution in [2.45, 2.75) is 57.8 Å². The quantitative estimate of drug-likeness (QED) is 0.176. The average Bonchev–Trinajstić information content (AvgIpc) is 3.47. The van der Waals surface area contributed by atoms with E-state index in [1.807, 2.05) is 54.1 Å². The Morgan fingerprint density at radius 3 is 2.86 bits per heavy atom. The van der Waals surface area contributed by atoms with Crippen molar-refractivity contribution in [3.8, 4) is 11.1 Å². The van der Waals surface area contributed by atoms with E-state index in [1.165, 1.54) is 11.3 Å². The number of nitrogens with one attached hydrogen (secondary N) is 2. The summed E-state index contributed by atoms with van der Waals surface area (Å²) < 4.78 is 3.68. The number of thiophene rings is 1.